The fraction of sp³-hybridized carbons (Fsp3) is 0.579. The van der Waals surface area contributed by atoms with Gasteiger partial charge in [-0.2, -0.15) is 0 Å². The molecule has 1 aromatic carbocycles. The second kappa shape index (κ2) is 7.12. The van der Waals surface area contributed by atoms with Crippen LogP contribution in [0.4, 0.5) is 5.69 Å². The number of nitrogens with zero attached hydrogens (tertiary/aromatic N) is 1. The number of amides is 1. The number of rotatable bonds is 3. The molecule has 2 atom stereocenters. The van der Waals surface area contributed by atoms with Crippen molar-refractivity contribution in [1.29, 1.82) is 0 Å². The van der Waals surface area contributed by atoms with Crippen molar-refractivity contribution in [3.8, 4) is 0 Å². The molecule has 0 radical (unpaired) electrons. The monoisotopic (exact) mass is 377 g/mol. The molecule has 3 aliphatic rings. The fourth-order valence-electron chi connectivity index (χ4n) is 4.22. The van der Waals surface area contributed by atoms with Gasteiger partial charge in [0, 0.05) is 34.8 Å². The van der Waals surface area contributed by atoms with Gasteiger partial charge in [0.2, 0.25) is 5.91 Å². The number of halogens is 1. The summed E-state index contributed by atoms with van der Waals surface area (Å²) in [4.78, 5) is 14.5. The highest BCUT2D eigenvalue weighted by Gasteiger charge is 2.41. The van der Waals surface area contributed by atoms with Crippen molar-refractivity contribution in [2.45, 2.75) is 63.1 Å². The summed E-state index contributed by atoms with van der Waals surface area (Å²) in [5, 5.41) is 8.16. The zero-order valence-electron chi connectivity index (χ0n) is 14.2. The van der Waals surface area contributed by atoms with Crippen molar-refractivity contribution < 1.29 is 4.79 Å². The van der Waals surface area contributed by atoms with Gasteiger partial charge < -0.3 is 15.5 Å². The Hall–Kier alpha value is -1.33. The minimum Gasteiger partial charge on any atom is -0.353 e. The third kappa shape index (κ3) is 3.93. The molecule has 3 fully saturated rings. The molecule has 0 spiro atoms. The van der Waals surface area contributed by atoms with Crippen molar-refractivity contribution in [3.63, 3.8) is 0 Å². The molecular weight excluding hydrogens is 354 g/mol. The Labute approximate surface area is 159 Å². The Kier molecular flexibility index (Phi) is 4.87. The first-order valence-corrected chi connectivity index (χ1v) is 10.0. The van der Waals surface area contributed by atoms with Crippen LogP contribution in [0.3, 0.4) is 0 Å². The van der Waals surface area contributed by atoms with Gasteiger partial charge in [-0.3, -0.25) is 4.79 Å². The lowest BCUT2D eigenvalue weighted by atomic mass is 9.82. The molecule has 2 heterocycles. The quantitative estimate of drug-likeness (QED) is 0.783. The number of carbonyl (C=O) groups is 1. The van der Waals surface area contributed by atoms with E-state index in [4.69, 9.17) is 23.8 Å². The lowest BCUT2D eigenvalue weighted by Gasteiger charge is -2.50. The average Bonchev–Trinajstić information content (AvgIpc) is 3.41. The molecule has 2 saturated heterocycles. The molecule has 1 amide bonds. The van der Waals surface area contributed by atoms with Gasteiger partial charge in [-0.25, -0.2) is 0 Å². The zero-order valence-corrected chi connectivity index (χ0v) is 15.8. The zero-order chi connectivity index (χ0) is 17.4. The molecule has 4 rings (SSSR count). The van der Waals surface area contributed by atoms with Crippen molar-refractivity contribution >= 4 is 40.5 Å². The highest BCUT2D eigenvalue weighted by atomic mass is 35.5. The molecule has 2 N–H and O–H groups in total. The van der Waals surface area contributed by atoms with Crippen LogP contribution in [0.2, 0.25) is 5.02 Å². The van der Waals surface area contributed by atoms with Crippen LogP contribution in [-0.4, -0.2) is 34.0 Å². The van der Waals surface area contributed by atoms with Gasteiger partial charge in [0.1, 0.15) is 0 Å². The lowest BCUT2D eigenvalue weighted by molar-refractivity contribution is -0.123. The van der Waals surface area contributed by atoms with Gasteiger partial charge in [-0.05, 0) is 81.4 Å². The second-order valence-electron chi connectivity index (χ2n) is 7.53. The summed E-state index contributed by atoms with van der Waals surface area (Å²) in [5.74, 6) is 0.545. The predicted molar refractivity (Wildman–Crippen MR) is 105 cm³/mol. The van der Waals surface area contributed by atoms with Gasteiger partial charge >= 0.3 is 0 Å². The maximum atomic E-state index is 12.1. The van der Waals surface area contributed by atoms with Gasteiger partial charge in [0.15, 0.2) is 5.11 Å². The van der Waals surface area contributed by atoms with Gasteiger partial charge in [0.25, 0.3) is 0 Å². The van der Waals surface area contributed by atoms with E-state index >= 15 is 0 Å². The van der Waals surface area contributed by atoms with E-state index in [2.05, 4.69) is 15.5 Å². The molecule has 25 heavy (non-hydrogen) atoms. The maximum Gasteiger partial charge on any atom is 0.223 e. The van der Waals surface area contributed by atoms with Crippen LogP contribution in [-0.2, 0) is 4.79 Å². The topological polar surface area (TPSA) is 44.4 Å². The van der Waals surface area contributed by atoms with E-state index in [0.29, 0.717) is 18.1 Å². The summed E-state index contributed by atoms with van der Waals surface area (Å²) in [7, 11) is 0. The highest BCUT2D eigenvalue weighted by molar-refractivity contribution is 7.80. The summed E-state index contributed by atoms with van der Waals surface area (Å²) in [6, 6.07) is 8.78. The molecular formula is C19H24ClN3OS. The minimum atomic E-state index is 0.262. The predicted octanol–water partition coefficient (Wildman–Crippen LogP) is 3.95. The van der Waals surface area contributed by atoms with E-state index in [1.165, 1.54) is 6.42 Å². The van der Waals surface area contributed by atoms with E-state index in [9.17, 15) is 4.79 Å². The third-order valence-corrected chi connectivity index (χ3v) is 6.16. The number of hydrogen-bond acceptors (Lipinski definition) is 2. The largest absolute Gasteiger partial charge is 0.353 e. The Bertz CT molecular complexity index is 647. The Morgan fingerprint density at radius 1 is 1.08 bits per heavy atom. The lowest BCUT2D eigenvalue weighted by Crippen LogP contribution is -2.59. The molecule has 6 heteroatoms. The minimum absolute atomic E-state index is 0.262. The highest BCUT2D eigenvalue weighted by Crippen LogP contribution is 2.36. The number of nitrogens with one attached hydrogen (secondary N) is 2. The number of fused-ring (bicyclic) bond motifs is 2. The third-order valence-electron chi connectivity index (χ3n) is 5.60. The SMILES string of the molecule is O=C(NC1C[C@H]2CCC[C@H](C1)N2C(=S)Nc1ccc(Cl)cc1)C1CC1. The molecule has 1 aromatic rings. The summed E-state index contributed by atoms with van der Waals surface area (Å²) in [6.07, 6.45) is 7.66. The maximum absolute atomic E-state index is 12.1. The average molecular weight is 378 g/mol. The Morgan fingerprint density at radius 2 is 1.72 bits per heavy atom. The number of hydrogen-bond donors (Lipinski definition) is 2. The normalized spacial score (nSPS) is 28.4. The summed E-state index contributed by atoms with van der Waals surface area (Å²) in [6.45, 7) is 0. The molecule has 1 aliphatic carbocycles. The number of piperidine rings is 2. The molecule has 1 saturated carbocycles. The number of thiocarbonyl (C=S) groups is 1. The van der Waals surface area contributed by atoms with Gasteiger partial charge in [-0.1, -0.05) is 11.6 Å². The van der Waals surface area contributed by atoms with Crippen molar-refractivity contribution in [3.05, 3.63) is 29.3 Å². The number of benzene rings is 1. The van der Waals surface area contributed by atoms with Crippen LogP contribution >= 0.6 is 23.8 Å². The van der Waals surface area contributed by atoms with E-state index < -0.39 is 0 Å². The van der Waals surface area contributed by atoms with Crippen LogP contribution in [0.15, 0.2) is 24.3 Å². The molecule has 2 aliphatic heterocycles. The van der Waals surface area contributed by atoms with Crippen LogP contribution < -0.4 is 10.6 Å². The molecule has 134 valence electrons. The number of carbonyl (C=O) groups excluding carboxylic acids is 1. The molecule has 2 bridgehead atoms. The fourth-order valence-corrected chi connectivity index (χ4v) is 4.76. The van der Waals surface area contributed by atoms with Gasteiger partial charge in [-0.15, -0.1) is 0 Å². The van der Waals surface area contributed by atoms with Crippen LogP contribution in [0, 0.1) is 5.92 Å². The Balaban J connectivity index is 1.40. The van der Waals surface area contributed by atoms with E-state index in [1.807, 2.05) is 24.3 Å². The number of anilines is 1. The summed E-state index contributed by atoms with van der Waals surface area (Å²) < 4.78 is 0. The van der Waals surface area contributed by atoms with E-state index in [0.717, 1.165) is 54.3 Å². The van der Waals surface area contributed by atoms with Crippen molar-refractivity contribution in [1.82, 2.24) is 10.2 Å². The van der Waals surface area contributed by atoms with Crippen LogP contribution in [0.25, 0.3) is 0 Å². The molecule has 0 unspecified atom stereocenters. The van der Waals surface area contributed by atoms with Gasteiger partial charge in [0.05, 0.1) is 0 Å². The second-order valence-corrected chi connectivity index (χ2v) is 8.36. The van der Waals surface area contributed by atoms with E-state index in [-0.39, 0.29) is 11.8 Å². The molecule has 0 aromatic heterocycles. The first-order chi connectivity index (χ1) is 12.1. The van der Waals surface area contributed by atoms with Crippen molar-refractivity contribution in [2.75, 3.05) is 5.32 Å². The smallest absolute Gasteiger partial charge is 0.223 e. The van der Waals surface area contributed by atoms with E-state index in [1.54, 1.807) is 0 Å². The summed E-state index contributed by atoms with van der Waals surface area (Å²) >= 11 is 11.7. The first kappa shape index (κ1) is 17.1. The Morgan fingerprint density at radius 3 is 2.32 bits per heavy atom. The first-order valence-electron chi connectivity index (χ1n) is 9.25. The van der Waals surface area contributed by atoms with Crippen LogP contribution in [0.1, 0.15) is 44.9 Å². The van der Waals surface area contributed by atoms with Crippen molar-refractivity contribution in [2.24, 2.45) is 5.92 Å². The summed E-state index contributed by atoms with van der Waals surface area (Å²) in [5.41, 5.74) is 0.969. The molecule has 4 nitrogen and oxygen atoms in total. The standard InChI is InChI=1S/C19H24ClN3OS/c20-13-6-8-14(9-7-13)22-19(25)23-16-2-1-3-17(23)11-15(10-16)21-18(24)12-4-5-12/h6-9,12,15-17H,1-5,10-11H2,(H,21,24)(H,22,25)/t16-,17-/m1/s1. The van der Waals surface area contributed by atoms with Crippen LogP contribution in [0.5, 0.6) is 0 Å².